The number of Topliss-reactive ketones (excluding diaryl/α,β-unsaturated/α-hetero) is 1. The van der Waals surface area contributed by atoms with E-state index in [2.05, 4.69) is 4.99 Å². The van der Waals surface area contributed by atoms with Gasteiger partial charge in [0.2, 0.25) is 0 Å². The van der Waals surface area contributed by atoms with Crippen molar-refractivity contribution in [3.8, 4) is 17.2 Å². The fraction of sp³-hybridized carbons (Fsp3) is 0.0526. The summed E-state index contributed by atoms with van der Waals surface area (Å²) in [5.74, 6) is -2.11. The third kappa shape index (κ3) is 3.20. The average molecular weight is 321 g/mol. The quantitative estimate of drug-likeness (QED) is 0.391. The second-order valence-corrected chi connectivity index (χ2v) is 5.36. The van der Waals surface area contributed by atoms with Crippen molar-refractivity contribution in [3.05, 3.63) is 65.7 Å². The molecule has 3 aromatic carbocycles. The van der Waals surface area contributed by atoms with Gasteiger partial charge in [0.1, 0.15) is 6.54 Å². The number of phenols is 3. The summed E-state index contributed by atoms with van der Waals surface area (Å²) in [6.45, 7) is -0.128. The van der Waals surface area contributed by atoms with Gasteiger partial charge in [0.15, 0.2) is 23.0 Å². The monoisotopic (exact) mass is 321 g/mol. The van der Waals surface area contributed by atoms with Crippen LogP contribution in [0.5, 0.6) is 17.2 Å². The van der Waals surface area contributed by atoms with E-state index in [0.717, 1.165) is 28.5 Å². The van der Waals surface area contributed by atoms with Crippen molar-refractivity contribution in [1.82, 2.24) is 0 Å². The topological polar surface area (TPSA) is 90.1 Å². The molecule has 0 spiro atoms. The number of benzene rings is 3. The molecule has 0 heterocycles. The molecule has 0 aliphatic carbocycles. The summed E-state index contributed by atoms with van der Waals surface area (Å²) >= 11 is 0. The summed E-state index contributed by atoms with van der Waals surface area (Å²) < 4.78 is 0. The lowest BCUT2D eigenvalue weighted by atomic mass is 10.1. The number of aliphatic imine (C=N–C) groups is 1. The summed E-state index contributed by atoms with van der Waals surface area (Å²) in [7, 11) is 0. The van der Waals surface area contributed by atoms with Gasteiger partial charge in [0, 0.05) is 11.8 Å². The molecule has 0 unspecified atom stereocenters. The first-order valence-corrected chi connectivity index (χ1v) is 7.31. The average Bonchev–Trinajstić information content (AvgIpc) is 2.59. The van der Waals surface area contributed by atoms with Gasteiger partial charge in [0.25, 0.3) is 0 Å². The molecule has 120 valence electrons. The third-order valence-electron chi connectivity index (χ3n) is 3.64. The second kappa shape index (κ2) is 6.42. The molecule has 0 bridgehead atoms. The standard InChI is InChI=1S/C19H15NO4/c21-16-8-15(9-17(22)19(16)24)18(23)11-20-10-12-5-6-13-3-1-2-4-14(13)7-12/h1-10,21-22,24H,11H2. The van der Waals surface area contributed by atoms with Crippen LogP contribution in [0.1, 0.15) is 15.9 Å². The van der Waals surface area contributed by atoms with Crippen LogP contribution >= 0.6 is 0 Å². The second-order valence-electron chi connectivity index (χ2n) is 5.36. The van der Waals surface area contributed by atoms with E-state index in [1.807, 2.05) is 42.5 Å². The minimum absolute atomic E-state index is 0.0819. The van der Waals surface area contributed by atoms with Crippen molar-refractivity contribution in [2.45, 2.75) is 0 Å². The first kappa shape index (κ1) is 15.6. The zero-order valence-electron chi connectivity index (χ0n) is 12.7. The van der Waals surface area contributed by atoms with Crippen molar-refractivity contribution in [2.24, 2.45) is 4.99 Å². The van der Waals surface area contributed by atoms with E-state index >= 15 is 0 Å². The molecular weight excluding hydrogens is 306 g/mol. The molecular formula is C19H15NO4. The Bertz CT molecular complexity index is 924. The number of fused-ring (bicyclic) bond motifs is 1. The molecule has 0 radical (unpaired) electrons. The predicted octanol–water partition coefficient (Wildman–Crippen LogP) is 3.26. The number of rotatable bonds is 4. The van der Waals surface area contributed by atoms with Gasteiger partial charge in [0.05, 0.1) is 0 Å². The number of ketones is 1. The maximum atomic E-state index is 12.0. The van der Waals surface area contributed by atoms with Gasteiger partial charge in [-0.3, -0.25) is 9.79 Å². The third-order valence-corrected chi connectivity index (χ3v) is 3.64. The fourth-order valence-corrected chi connectivity index (χ4v) is 2.38. The maximum Gasteiger partial charge on any atom is 0.200 e. The van der Waals surface area contributed by atoms with E-state index in [4.69, 9.17) is 0 Å². The summed E-state index contributed by atoms with van der Waals surface area (Å²) in [4.78, 5) is 16.2. The van der Waals surface area contributed by atoms with E-state index < -0.39 is 17.2 Å². The molecule has 24 heavy (non-hydrogen) atoms. The minimum Gasteiger partial charge on any atom is -0.504 e. The Hall–Kier alpha value is -3.34. The van der Waals surface area contributed by atoms with Crippen molar-refractivity contribution in [2.75, 3.05) is 6.54 Å². The molecule has 3 aromatic rings. The number of phenolic OH excluding ortho intramolecular Hbond substituents is 3. The van der Waals surface area contributed by atoms with Crippen molar-refractivity contribution in [1.29, 1.82) is 0 Å². The van der Waals surface area contributed by atoms with Crippen LogP contribution < -0.4 is 0 Å². The van der Waals surface area contributed by atoms with E-state index in [1.54, 1.807) is 6.21 Å². The van der Waals surface area contributed by atoms with Gasteiger partial charge in [-0.25, -0.2) is 0 Å². The molecule has 0 aliphatic rings. The first-order chi connectivity index (χ1) is 11.5. The maximum absolute atomic E-state index is 12.0. The van der Waals surface area contributed by atoms with Crippen molar-refractivity contribution >= 4 is 22.8 Å². The molecule has 0 fully saturated rings. The SMILES string of the molecule is O=C(CN=Cc1ccc2ccccc2c1)c1cc(O)c(O)c(O)c1. The molecule has 3 rings (SSSR count). The number of nitrogens with zero attached hydrogens (tertiary/aromatic N) is 1. The van der Waals surface area contributed by atoms with Crippen molar-refractivity contribution in [3.63, 3.8) is 0 Å². The zero-order chi connectivity index (χ0) is 17.1. The number of carbonyl (C=O) groups excluding carboxylic acids is 1. The lowest BCUT2D eigenvalue weighted by molar-refractivity contribution is 0.100. The van der Waals surface area contributed by atoms with Crippen LogP contribution in [-0.2, 0) is 0 Å². The van der Waals surface area contributed by atoms with Crippen LogP contribution in [0.15, 0.2) is 59.6 Å². The van der Waals surface area contributed by atoms with Gasteiger partial charge in [-0.2, -0.15) is 0 Å². The summed E-state index contributed by atoms with van der Waals surface area (Å²) in [6.07, 6.45) is 1.60. The molecule has 5 heteroatoms. The van der Waals surface area contributed by atoms with Crippen LogP contribution in [0.2, 0.25) is 0 Å². The molecule has 5 nitrogen and oxygen atoms in total. The zero-order valence-corrected chi connectivity index (χ0v) is 12.7. The largest absolute Gasteiger partial charge is 0.504 e. The van der Waals surface area contributed by atoms with Crippen molar-refractivity contribution < 1.29 is 20.1 Å². The van der Waals surface area contributed by atoms with Crippen LogP contribution in [0, 0.1) is 0 Å². The Morgan fingerprint density at radius 3 is 2.29 bits per heavy atom. The lowest BCUT2D eigenvalue weighted by Crippen LogP contribution is -2.03. The number of aromatic hydroxyl groups is 3. The minimum atomic E-state index is -0.647. The highest BCUT2D eigenvalue weighted by Crippen LogP contribution is 2.35. The van der Waals surface area contributed by atoms with Crippen LogP contribution in [0.25, 0.3) is 10.8 Å². The van der Waals surface area contributed by atoms with Gasteiger partial charge in [-0.1, -0.05) is 36.4 Å². The number of hydrogen-bond donors (Lipinski definition) is 3. The molecule has 3 N–H and O–H groups in total. The Morgan fingerprint density at radius 1 is 0.917 bits per heavy atom. The summed E-state index contributed by atoms with van der Waals surface area (Å²) in [5.41, 5.74) is 0.955. The predicted molar refractivity (Wildman–Crippen MR) is 92.2 cm³/mol. The van der Waals surface area contributed by atoms with E-state index in [-0.39, 0.29) is 17.9 Å². The van der Waals surface area contributed by atoms with Crippen LogP contribution in [0.4, 0.5) is 0 Å². The number of carbonyl (C=O) groups is 1. The van der Waals surface area contributed by atoms with E-state index in [9.17, 15) is 20.1 Å². The molecule has 0 aromatic heterocycles. The Labute approximate surface area is 138 Å². The van der Waals surface area contributed by atoms with Crippen LogP contribution in [-0.4, -0.2) is 33.9 Å². The van der Waals surface area contributed by atoms with E-state index in [1.165, 1.54) is 0 Å². The number of hydrogen-bond acceptors (Lipinski definition) is 5. The van der Waals surface area contributed by atoms with E-state index in [0.29, 0.717) is 0 Å². The van der Waals surface area contributed by atoms with Gasteiger partial charge < -0.3 is 15.3 Å². The fourth-order valence-electron chi connectivity index (χ4n) is 2.38. The highest BCUT2D eigenvalue weighted by atomic mass is 16.3. The van der Waals surface area contributed by atoms with Gasteiger partial charge in [-0.05, 0) is 34.5 Å². The van der Waals surface area contributed by atoms with Gasteiger partial charge >= 0.3 is 0 Å². The van der Waals surface area contributed by atoms with Gasteiger partial charge in [-0.15, -0.1) is 0 Å². The Kier molecular flexibility index (Phi) is 4.16. The highest BCUT2D eigenvalue weighted by Gasteiger charge is 2.12. The normalized spacial score (nSPS) is 11.2. The smallest absolute Gasteiger partial charge is 0.200 e. The molecule has 0 saturated heterocycles. The molecule has 0 amide bonds. The summed E-state index contributed by atoms with van der Waals surface area (Å²) in [5, 5.41) is 30.4. The first-order valence-electron chi connectivity index (χ1n) is 7.31. The summed E-state index contributed by atoms with van der Waals surface area (Å²) in [6, 6.07) is 16.0. The Morgan fingerprint density at radius 2 is 1.58 bits per heavy atom. The van der Waals surface area contributed by atoms with Crippen LogP contribution in [0.3, 0.4) is 0 Å². The Balaban J connectivity index is 1.74. The molecule has 0 aliphatic heterocycles. The lowest BCUT2D eigenvalue weighted by Gasteiger charge is -2.04. The highest BCUT2D eigenvalue weighted by molar-refractivity contribution is 6.00. The molecule has 0 saturated carbocycles. The molecule has 0 atom stereocenters.